The quantitative estimate of drug-likeness (QED) is 0.855. The number of nitrogens with one attached hydrogen (secondary N) is 1. The third kappa shape index (κ3) is 3.69. The van der Waals surface area contributed by atoms with Crippen molar-refractivity contribution in [3.05, 3.63) is 29.9 Å². The number of carbonyl (C=O) groups excluding carboxylic acids is 1. The molecule has 0 fully saturated rings. The van der Waals surface area contributed by atoms with E-state index in [1.54, 1.807) is 0 Å². The summed E-state index contributed by atoms with van der Waals surface area (Å²) >= 11 is 0. The number of aryl methyl sites for hydroxylation is 1. The summed E-state index contributed by atoms with van der Waals surface area (Å²) in [6.07, 6.45) is 2.13. The lowest BCUT2D eigenvalue weighted by molar-refractivity contribution is -0.126. The number of imidazole rings is 1. The Balaban J connectivity index is 0.00000242. The number of rotatable bonds is 5. The predicted molar refractivity (Wildman–Crippen MR) is 95.5 cm³/mol. The summed E-state index contributed by atoms with van der Waals surface area (Å²) in [6, 6.07) is 7.97. The zero-order chi connectivity index (χ0) is 15.6. The van der Waals surface area contributed by atoms with Crippen LogP contribution < -0.4 is 5.62 Å². The third-order valence-corrected chi connectivity index (χ3v) is 3.85. The Morgan fingerprint density at radius 2 is 1.68 bits per heavy atom. The van der Waals surface area contributed by atoms with E-state index in [1.807, 2.05) is 54.2 Å². The van der Waals surface area contributed by atoms with Crippen molar-refractivity contribution in [3.8, 4) is 0 Å². The second-order valence-corrected chi connectivity index (χ2v) is 6.58. The van der Waals surface area contributed by atoms with Crippen molar-refractivity contribution >= 4 is 33.8 Å². The Kier molecular flexibility index (Phi) is 6.17. The largest absolute Gasteiger partial charge is 0.310 e. The van der Waals surface area contributed by atoms with Crippen LogP contribution in [0.1, 0.15) is 40.5 Å². The minimum absolute atomic E-state index is 0. The molecule has 0 bridgehead atoms. The van der Waals surface area contributed by atoms with Crippen LogP contribution in [0.2, 0.25) is 0 Å². The second kappa shape index (κ2) is 7.27. The summed E-state index contributed by atoms with van der Waals surface area (Å²) in [5.74, 6) is 0.152. The molecule has 1 heterocycles. The van der Waals surface area contributed by atoms with Crippen LogP contribution in [-0.2, 0) is 17.9 Å². The molecule has 0 saturated heterocycles. The van der Waals surface area contributed by atoms with Gasteiger partial charge in [-0.05, 0) is 18.6 Å². The molecule has 5 heteroatoms. The first-order valence-electron chi connectivity index (χ1n) is 7.62. The summed E-state index contributed by atoms with van der Waals surface area (Å²) in [7, 11) is 0. The Morgan fingerprint density at radius 1 is 1.14 bits per heavy atom. The maximum atomic E-state index is 12.3. The van der Waals surface area contributed by atoms with Crippen LogP contribution in [-0.4, -0.2) is 14.9 Å². The Hall–Kier alpha value is -1.36. The molecule has 1 aromatic heterocycles. The van der Waals surface area contributed by atoms with Gasteiger partial charge in [-0.15, -0.1) is 17.0 Å². The summed E-state index contributed by atoms with van der Waals surface area (Å²) < 4.78 is 3.84. The van der Waals surface area contributed by atoms with E-state index in [0.717, 1.165) is 30.4 Å². The molecule has 1 aromatic carbocycles. The number of hydrogen-bond acceptors (Lipinski definition) is 2. The minimum atomic E-state index is -0.383. The molecule has 0 atom stereocenters. The van der Waals surface area contributed by atoms with Crippen molar-refractivity contribution in [1.82, 2.24) is 9.13 Å². The fourth-order valence-electron chi connectivity index (χ4n) is 2.38. The second-order valence-electron chi connectivity index (χ2n) is 6.58. The highest BCUT2D eigenvalue weighted by atomic mass is 79.9. The van der Waals surface area contributed by atoms with Crippen LogP contribution in [0.25, 0.3) is 11.0 Å². The van der Waals surface area contributed by atoms with Gasteiger partial charge < -0.3 is 9.13 Å². The van der Waals surface area contributed by atoms with E-state index in [9.17, 15) is 4.79 Å². The van der Waals surface area contributed by atoms with Gasteiger partial charge in [0.1, 0.15) is 0 Å². The Labute approximate surface area is 142 Å². The molecule has 122 valence electrons. The fourth-order valence-corrected chi connectivity index (χ4v) is 2.38. The molecule has 0 radical (unpaired) electrons. The van der Waals surface area contributed by atoms with Crippen molar-refractivity contribution < 1.29 is 4.79 Å². The highest BCUT2D eigenvalue weighted by molar-refractivity contribution is 8.93. The van der Waals surface area contributed by atoms with Crippen molar-refractivity contribution in [2.45, 2.75) is 53.6 Å². The first-order chi connectivity index (χ1) is 9.86. The highest BCUT2D eigenvalue weighted by Gasteiger charge is 2.23. The number of fused-ring (bicyclic) bond motifs is 1. The number of nitrogens with zero attached hydrogens (tertiary/aromatic N) is 2. The van der Waals surface area contributed by atoms with Gasteiger partial charge in [0.15, 0.2) is 5.78 Å². The van der Waals surface area contributed by atoms with E-state index in [-0.39, 0.29) is 34.7 Å². The van der Waals surface area contributed by atoms with Crippen LogP contribution in [0.5, 0.6) is 0 Å². The number of unbranched alkanes of at least 4 members (excludes halogenated alkanes) is 1. The lowest BCUT2D eigenvalue weighted by Gasteiger charge is -2.17. The molecular formula is C17H26BrN3O. The summed E-state index contributed by atoms with van der Waals surface area (Å²) in [5, 5.41) is 8.42. The molecule has 2 aromatic rings. The van der Waals surface area contributed by atoms with Crippen LogP contribution in [0.3, 0.4) is 0 Å². The number of hydrogen-bond donors (Lipinski definition) is 1. The maximum Gasteiger partial charge on any atom is 0.203 e. The number of Topliss-reactive ketones (excluding diaryl/α,β-unsaturated/α-hetero) is 1. The van der Waals surface area contributed by atoms with Crippen molar-refractivity contribution in [2.75, 3.05) is 0 Å². The maximum absolute atomic E-state index is 12.3. The third-order valence-electron chi connectivity index (χ3n) is 3.85. The van der Waals surface area contributed by atoms with Gasteiger partial charge in [0.05, 0.1) is 17.6 Å². The van der Waals surface area contributed by atoms with Crippen molar-refractivity contribution in [3.63, 3.8) is 0 Å². The molecule has 0 aliphatic heterocycles. The zero-order valence-corrected chi connectivity index (χ0v) is 15.6. The van der Waals surface area contributed by atoms with Gasteiger partial charge in [-0.2, -0.15) is 0 Å². The van der Waals surface area contributed by atoms with Gasteiger partial charge >= 0.3 is 0 Å². The van der Waals surface area contributed by atoms with Gasteiger partial charge in [-0.3, -0.25) is 10.2 Å². The van der Waals surface area contributed by atoms with Crippen LogP contribution in [0.15, 0.2) is 24.3 Å². The molecule has 0 aliphatic carbocycles. The molecule has 0 amide bonds. The number of halogens is 1. The summed E-state index contributed by atoms with van der Waals surface area (Å²) in [4.78, 5) is 12.3. The normalized spacial score (nSPS) is 11.5. The number of para-hydroxylation sites is 2. The number of benzene rings is 1. The molecule has 0 unspecified atom stereocenters. The molecule has 4 nitrogen and oxygen atoms in total. The topological polar surface area (TPSA) is 50.8 Å². The standard InChI is InChI=1S/C17H25N3O.BrH/c1-5-6-11-19-13-9-7-8-10-14(13)20(16(19)18)12-15(21)17(2,3)4;/h7-10,18H,5-6,11-12H2,1-4H3;1H. The van der Waals surface area contributed by atoms with E-state index in [4.69, 9.17) is 5.41 Å². The zero-order valence-electron chi connectivity index (χ0n) is 13.8. The summed E-state index contributed by atoms with van der Waals surface area (Å²) in [5.41, 5.74) is 2.04. The van der Waals surface area contributed by atoms with E-state index in [2.05, 4.69) is 6.92 Å². The van der Waals surface area contributed by atoms with Gasteiger partial charge in [0, 0.05) is 12.0 Å². The minimum Gasteiger partial charge on any atom is -0.310 e. The smallest absolute Gasteiger partial charge is 0.203 e. The Bertz CT molecular complexity index is 707. The SMILES string of the molecule is Br.CCCCn1c(=N)n(CC(=O)C(C)(C)C)c2ccccc21. The van der Waals surface area contributed by atoms with Crippen LogP contribution in [0, 0.1) is 10.8 Å². The average Bonchev–Trinajstić information content (AvgIpc) is 2.69. The number of ketones is 1. The molecule has 1 N–H and O–H groups in total. The average molecular weight is 368 g/mol. The molecule has 0 aliphatic rings. The van der Waals surface area contributed by atoms with E-state index >= 15 is 0 Å². The highest BCUT2D eigenvalue weighted by Crippen LogP contribution is 2.18. The monoisotopic (exact) mass is 367 g/mol. The number of aromatic nitrogens is 2. The van der Waals surface area contributed by atoms with Gasteiger partial charge in [0.25, 0.3) is 0 Å². The van der Waals surface area contributed by atoms with Crippen molar-refractivity contribution in [1.29, 1.82) is 5.41 Å². The van der Waals surface area contributed by atoms with E-state index < -0.39 is 0 Å². The van der Waals surface area contributed by atoms with Gasteiger partial charge in [-0.25, -0.2) is 0 Å². The predicted octanol–water partition coefficient (Wildman–Crippen LogP) is 3.92. The van der Waals surface area contributed by atoms with Crippen LogP contribution in [0.4, 0.5) is 0 Å². The van der Waals surface area contributed by atoms with Gasteiger partial charge in [0.2, 0.25) is 5.62 Å². The fraction of sp³-hybridized carbons (Fsp3) is 0.529. The first kappa shape index (κ1) is 18.7. The van der Waals surface area contributed by atoms with Gasteiger partial charge in [-0.1, -0.05) is 46.2 Å². The summed E-state index contributed by atoms with van der Waals surface area (Å²) in [6.45, 7) is 9.02. The number of carbonyl (C=O) groups is 1. The van der Waals surface area contributed by atoms with E-state index in [0.29, 0.717) is 5.62 Å². The Morgan fingerprint density at radius 3 is 2.18 bits per heavy atom. The van der Waals surface area contributed by atoms with E-state index in [1.165, 1.54) is 0 Å². The molecule has 0 saturated carbocycles. The molecule has 22 heavy (non-hydrogen) atoms. The lowest BCUT2D eigenvalue weighted by Crippen LogP contribution is -2.32. The molecular weight excluding hydrogens is 342 g/mol. The molecule has 2 rings (SSSR count). The first-order valence-corrected chi connectivity index (χ1v) is 7.62. The van der Waals surface area contributed by atoms with Crippen molar-refractivity contribution in [2.24, 2.45) is 5.41 Å². The van der Waals surface area contributed by atoms with Crippen LogP contribution >= 0.6 is 17.0 Å². The lowest BCUT2D eigenvalue weighted by atomic mass is 9.91. The molecule has 0 spiro atoms.